The summed E-state index contributed by atoms with van der Waals surface area (Å²) in [4.78, 5) is 8.21. The van der Waals surface area contributed by atoms with Crippen molar-refractivity contribution in [1.29, 1.82) is 0 Å². The molecule has 3 aliphatic rings. The molecular weight excluding hydrogens is 330 g/mol. The Hall–Kier alpha value is -0.120. The summed E-state index contributed by atoms with van der Waals surface area (Å²) in [7, 11) is 0. The van der Waals surface area contributed by atoms with E-state index in [1.807, 2.05) is 0 Å². The topological polar surface area (TPSA) is 9.72 Å². The van der Waals surface area contributed by atoms with Crippen LogP contribution < -0.4 is 0 Å². The molecule has 0 saturated carbocycles. The summed E-state index contributed by atoms with van der Waals surface area (Å²) in [6.45, 7) is 24.9. The zero-order valence-electron chi connectivity index (χ0n) is 19.3. The fourth-order valence-electron chi connectivity index (χ4n) is 5.72. The molecule has 1 spiro atoms. The van der Waals surface area contributed by atoms with Gasteiger partial charge in [0.1, 0.15) is 0 Å². The van der Waals surface area contributed by atoms with E-state index in [1.54, 1.807) is 0 Å². The molecule has 0 aromatic carbocycles. The van der Waals surface area contributed by atoms with Crippen LogP contribution in [0.4, 0.5) is 0 Å². The molecule has 158 valence electrons. The zero-order chi connectivity index (χ0) is 19.7. The first-order valence-electron chi connectivity index (χ1n) is 11.7. The van der Waals surface area contributed by atoms with Gasteiger partial charge in [-0.3, -0.25) is 4.90 Å². The van der Waals surface area contributed by atoms with E-state index in [9.17, 15) is 0 Å². The fraction of sp³-hybridized carbons (Fsp3) is 1.00. The van der Waals surface area contributed by atoms with Crippen molar-refractivity contribution in [2.45, 2.75) is 85.6 Å². The van der Waals surface area contributed by atoms with Crippen molar-refractivity contribution in [3.8, 4) is 0 Å². The van der Waals surface area contributed by atoms with Crippen LogP contribution in [0, 0.1) is 16.7 Å². The number of piperidine rings is 3. The van der Waals surface area contributed by atoms with Crippen LogP contribution in [0.15, 0.2) is 0 Å². The number of hydrogen-bond acceptors (Lipinski definition) is 3. The smallest absolute Gasteiger partial charge is 0.0125 e. The molecule has 0 amide bonds. The molecule has 3 fully saturated rings. The first kappa shape index (κ1) is 21.6. The SMILES string of the molecule is CC(C)(C)CN1CCC(CN2CCC3(CC2)CCN(C(C)(C)C)CC3)CC1. The molecule has 3 rings (SSSR count). The van der Waals surface area contributed by atoms with Gasteiger partial charge in [0.25, 0.3) is 0 Å². The van der Waals surface area contributed by atoms with Gasteiger partial charge in [-0.25, -0.2) is 0 Å². The molecule has 3 nitrogen and oxygen atoms in total. The standard InChI is InChI=1S/C24H47N3/c1-22(2,3)20-26-13-7-21(8-14-26)19-25-15-9-24(10-16-25)11-17-27(18-12-24)23(4,5)6/h21H,7-20H2,1-6H3. The Morgan fingerprint density at radius 1 is 0.704 bits per heavy atom. The Balaban J connectivity index is 1.37. The molecule has 3 heterocycles. The molecule has 0 bridgehead atoms. The quantitative estimate of drug-likeness (QED) is 0.704. The second kappa shape index (κ2) is 8.32. The van der Waals surface area contributed by atoms with E-state index in [1.165, 1.54) is 90.9 Å². The molecule has 3 aliphatic heterocycles. The number of hydrogen-bond donors (Lipinski definition) is 0. The molecule has 0 atom stereocenters. The summed E-state index contributed by atoms with van der Waals surface area (Å²) >= 11 is 0. The van der Waals surface area contributed by atoms with Crippen LogP contribution in [-0.2, 0) is 0 Å². The maximum atomic E-state index is 2.81. The van der Waals surface area contributed by atoms with Crippen LogP contribution >= 0.6 is 0 Å². The van der Waals surface area contributed by atoms with E-state index < -0.39 is 0 Å². The van der Waals surface area contributed by atoms with Gasteiger partial charge in [0.2, 0.25) is 0 Å². The zero-order valence-corrected chi connectivity index (χ0v) is 19.3. The Kier molecular flexibility index (Phi) is 6.65. The Labute approximate surface area is 169 Å². The Morgan fingerprint density at radius 3 is 1.70 bits per heavy atom. The highest BCUT2D eigenvalue weighted by atomic mass is 15.2. The van der Waals surface area contributed by atoms with Gasteiger partial charge >= 0.3 is 0 Å². The molecule has 0 aliphatic carbocycles. The van der Waals surface area contributed by atoms with E-state index in [4.69, 9.17) is 0 Å². The minimum Gasteiger partial charge on any atom is -0.303 e. The van der Waals surface area contributed by atoms with Crippen LogP contribution in [0.5, 0.6) is 0 Å². The lowest BCUT2D eigenvalue weighted by Gasteiger charge is -2.50. The van der Waals surface area contributed by atoms with Crippen LogP contribution in [0.2, 0.25) is 0 Å². The highest BCUT2D eigenvalue weighted by molar-refractivity contribution is 4.93. The molecule has 0 aromatic rings. The van der Waals surface area contributed by atoms with Gasteiger partial charge in [-0.2, -0.15) is 0 Å². The number of rotatable bonds is 3. The van der Waals surface area contributed by atoms with E-state index >= 15 is 0 Å². The van der Waals surface area contributed by atoms with Gasteiger partial charge in [-0.15, -0.1) is 0 Å². The maximum Gasteiger partial charge on any atom is 0.0125 e. The summed E-state index contributed by atoms with van der Waals surface area (Å²) in [5.74, 6) is 0.943. The third-order valence-corrected chi connectivity index (χ3v) is 7.61. The predicted octanol–water partition coefficient (Wildman–Crippen LogP) is 4.72. The van der Waals surface area contributed by atoms with Crippen molar-refractivity contribution in [3.63, 3.8) is 0 Å². The van der Waals surface area contributed by atoms with Crippen LogP contribution in [0.1, 0.15) is 80.1 Å². The molecule has 0 radical (unpaired) electrons. The molecule has 0 aromatic heterocycles. The largest absolute Gasteiger partial charge is 0.303 e. The molecule has 0 unspecified atom stereocenters. The monoisotopic (exact) mass is 377 g/mol. The summed E-state index contributed by atoms with van der Waals surface area (Å²) in [6.07, 6.45) is 8.60. The first-order valence-corrected chi connectivity index (χ1v) is 11.7. The van der Waals surface area contributed by atoms with Crippen molar-refractivity contribution < 1.29 is 0 Å². The van der Waals surface area contributed by atoms with Crippen molar-refractivity contribution in [3.05, 3.63) is 0 Å². The van der Waals surface area contributed by atoms with Gasteiger partial charge in [0.05, 0.1) is 0 Å². The van der Waals surface area contributed by atoms with Gasteiger partial charge in [0, 0.05) is 18.6 Å². The van der Waals surface area contributed by atoms with Crippen molar-refractivity contribution in [1.82, 2.24) is 14.7 Å². The maximum absolute atomic E-state index is 2.81. The Morgan fingerprint density at radius 2 is 1.22 bits per heavy atom. The van der Waals surface area contributed by atoms with Gasteiger partial charge < -0.3 is 9.80 Å². The van der Waals surface area contributed by atoms with Gasteiger partial charge in [-0.05, 0) is 115 Å². The molecule has 0 N–H and O–H groups in total. The minimum absolute atomic E-state index is 0.351. The third-order valence-electron chi connectivity index (χ3n) is 7.61. The minimum atomic E-state index is 0.351. The highest BCUT2D eigenvalue weighted by Crippen LogP contribution is 2.42. The molecule has 3 saturated heterocycles. The van der Waals surface area contributed by atoms with Crippen molar-refractivity contribution in [2.24, 2.45) is 16.7 Å². The van der Waals surface area contributed by atoms with Crippen LogP contribution in [0.3, 0.4) is 0 Å². The number of nitrogens with zero attached hydrogens (tertiary/aromatic N) is 3. The Bertz CT molecular complexity index is 447. The lowest BCUT2D eigenvalue weighted by Crippen LogP contribution is -2.52. The predicted molar refractivity (Wildman–Crippen MR) is 117 cm³/mol. The molecular formula is C24H47N3. The van der Waals surface area contributed by atoms with E-state index in [2.05, 4.69) is 56.2 Å². The highest BCUT2D eigenvalue weighted by Gasteiger charge is 2.39. The fourth-order valence-corrected chi connectivity index (χ4v) is 5.72. The summed E-state index contributed by atoms with van der Waals surface area (Å²) in [5.41, 5.74) is 1.47. The van der Waals surface area contributed by atoms with Crippen molar-refractivity contribution in [2.75, 3.05) is 52.4 Å². The first-order chi connectivity index (χ1) is 12.5. The lowest BCUT2D eigenvalue weighted by molar-refractivity contribution is -0.00172. The molecule has 3 heteroatoms. The van der Waals surface area contributed by atoms with E-state index in [-0.39, 0.29) is 0 Å². The summed E-state index contributed by atoms with van der Waals surface area (Å²) < 4.78 is 0. The average molecular weight is 378 g/mol. The second-order valence-electron chi connectivity index (χ2n) is 12.2. The average Bonchev–Trinajstić information content (AvgIpc) is 2.57. The molecule has 27 heavy (non-hydrogen) atoms. The summed E-state index contributed by atoms with van der Waals surface area (Å²) in [6, 6.07) is 0. The van der Waals surface area contributed by atoms with Gasteiger partial charge in [-0.1, -0.05) is 20.8 Å². The van der Waals surface area contributed by atoms with Gasteiger partial charge in [0.15, 0.2) is 0 Å². The third kappa shape index (κ3) is 6.18. The van der Waals surface area contributed by atoms with E-state index in [0.29, 0.717) is 16.4 Å². The summed E-state index contributed by atoms with van der Waals surface area (Å²) in [5, 5.41) is 0. The van der Waals surface area contributed by atoms with Crippen molar-refractivity contribution >= 4 is 0 Å². The lowest BCUT2D eigenvalue weighted by atomic mass is 9.70. The van der Waals surface area contributed by atoms with Crippen LogP contribution in [-0.4, -0.2) is 72.6 Å². The normalized spacial score (nSPS) is 27.3. The second-order valence-corrected chi connectivity index (χ2v) is 12.2. The van der Waals surface area contributed by atoms with E-state index in [0.717, 1.165) is 5.92 Å². The number of likely N-dealkylation sites (tertiary alicyclic amines) is 3. The van der Waals surface area contributed by atoms with Crippen LogP contribution in [0.25, 0.3) is 0 Å².